The van der Waals surface area contributed by atoms with Crippen molar-refractivity contribution in [2.75, 3.05) is 0 Å². The number of hydrogen-bond acceptors (Lipinski definition) is 4. The zero-order chi connectivity index (χ0) is 17.7. The number of aryl methyl sites for hydroxylation is 1. The normalized spacial score (nSPS) is 21.2. The van der Waals surface area contributed by atoms with Gasteiger partial charge in [-0.2, -0.15) is 0 Å². The Morgan fingerprint density at radius 2 is 2.21 bits per heavy atom. The Morgan fingerprint density at radius 1 is 1.46 bits per heavy atom. The monoisotopic (exact) mass is 353 g/mol. The molecule has 1 aliphatic heterocycles. The molecule has 2 atom stereocenters. The number of carbonyl (C=O) groups is 1. The van der Waals surface area contributed by atoms with Crippen LogP contribution in [-0.4, -0.2) is 22.7 Å². The molecule has 2 heterocycles. The van der Waals surface area contributed by atoms with E-state index in [0.717, 1.165) is 43.4 Å². The summed E-state index contributed by atoms with van der Waals surface area (Å²) in [6.45, 7) is 7.82. The molecule has 2 rings (SSSR count). The minimum atomic E-state index is -0.420. The molecular weight excluding hydrogens is 326 g/mol. The van der Waals surface area contributed by atoms with E-state index in [1.165, 1.54) is 0 Å². The fourth-order valence-electron chi connectivity index (χ4n) is 3.04. The number of rotatable bonds is 4. The van der Waals surface area contributed by atoms with Gasteiger partial charge in [-0.1, -0.05) is 18.5 Å². The standard InChI is InChI=1S/C19H28ClNO3/c1-5-15-10-13(7-9-18(22)24-19(2,3)4)6-8-14-12-21-17(20)11-16(14)23-15/h11-13,15H,5-10H2,1-4H3/t13?,15-/m1/s1. The van der Waals surface area contributed by atoms with Crippen molar-refractivity contribution in [1.29, 1.82) is 0 Å². The number of nitrogens with zero attached hydrogens (tertiary/aromatic N) is 1. The minimum absolute atomic E-state index is 0.118. The predicted octanol–water partition coefficient (Wildman–Crippen LogP) is 4.97. The van der Waals surface area contributed by atoms with Gasteiger partial charge in [-0.15, -0.1) is 0 Å². The summed E-state index contributed by atoms with van der Waals surface area (Å²) in [4.78, 5) is 16.1. The van der Waals surface area contributed by atoms with Crippen LogP contribution in [0.2, 0.25) is 5.15 Å². The topological polar surface area (TPSA) is 48.4 Å². The molecule has 0 bridgehead atoms. The van der Waals surface area contributed by atoms with E-state index in [9.17, 15) is 4.79 Å². The van der Waals surface area contributed by atoms with E-state index in [0.29, 0.717) is 17.5 Å². The molecule has 0 radical (unpaired) electrons. The van der Waals surface area contributed by atoms with Crippen LogP contribution in [-0.2, 0) is 16.0 Å². The summed E-state index contributed by atoms with van der Waals surface area (Å²) in [7, 11) is 0. The van der Waals surface area contributed by atoms with Gasteiger partial charge < -0.3 is 9.47 Å². The third-order valence-electron chi connectivity index (χ3n) is 4.25. The lowest BCUT2D eigenvalue weighted by Gasteiger charge is -2.28. The smallest absolute Gasteiger partial charge is 0.306 e. The van der Waals surface area contributed by atoms with Crippen LogP contribution in [0.1, 0.15) is 65.4 Å². The van der Waals surface area contributed by atoms with Gasteiger partial charge in [0.25, 0.3) is 0 Å². The molecule has 0 N–H and O–H groups in total. The summed E-state index contributed by atoms with van der Waals surface area (Å²) >= 11 is 5.99. The van der Waals surface area contributed by atoms with Crippen LogP contribution in [0.5, 0.6) is 5.75 Å². The molecule has 1 aliphatic rings. The molecular formula is C19H28ClNO3. The van der Waals surface area contributed by atoms with Crippen LogP contribution in [0.15, 0.2) is 12.3 Å². The molecule has 0 saturated carbocycles. The van der Waals surface area contributed by atoms with Crippen molar-refractivity contribution in [3.05, 3.63) is 23.0 Å². The Morgan fingerprint density at radius 3 is 2.88 bits per heavy atom. The first kappa shape index (κ1) is 19.0. The second kappa shape index (κ2) is 8.19. The molecule has 4 nitrogen and oxygen atoms in total. The molecule has 134 valence electrons. The van der Waals surface area contributed by atoms with Gasteiger partial charge >= 0.3 is 5.97 Å². The highest BCUT2D eigenvalue weighted by Gasteiger charge is 2.24. The number of pyridine rings is 1. The number of aromatic nitrogens is 1. The molecule has 0 fully saturated rings. The maximum Gasteiger partial charge on any atom is 0.306 e. The van der Waals surface area contributed by atoms with Crippen molar-refractivity contribution in [3.63, 3.8) is 0 Å². The van der Waals surface area contributed by atoms with Crippen molar-refractivity contribution >= 4 is 17.6 Å². The molecule has 5 heteroatoms. The van der Waals surface area contributed by atoms with Gasteiger partial charge in [0.15, 0.2) is 0 Å². The lowest BCUT2D eigenvalue weighted by Crippen LogP contribution is -2.26. The van der Waals surface area contributed by atoms with Gasteiger partial charge in [0, 0.05) is 24.2 Å². The van der Waals surface area contributed by atoms with Crippen LogP contribution in [0, 0.1) is 5.92 Å². The average molecular weight is 354 g/mol. The molecule has 0 aromatic carbocycles. The Balaban J connectivity index is 1.98. The van der Waals surface area contributed by atoms with E-state index in [1.54, 1.807) is 12.3 Å². The quantitative estimate of drug-likeness (QED) is 0.566. The summed E-state index contributed by atoms with van der Waals surface area (Å²) in [6, 6.07) is 1.81. The lowest BCUT2D eigenvalue weighted by molar-refractivity contribution is -0.155. The second-order valence-electron chi connectivity index (χ2n) is 7.53. The van der Waals surface area contributed by atoms with Crippen molar-refractivity contribution in [2.24, 2.45) is 5.92 Å². The number of ether oxygens (including phenoxy) is 2. The maximum absolute atomic E-state index is 12.0. The van der Waals surface area contributed by atoms with E-state index < -0.39 is 5.60 Å². The maximum atomic E-state index is 12.0. The summed E-state index contributed by atoms with van der Waals surface area (Å²) in [6.07, 6.45) is 7.07. The molecule has 0 saturated heterocycles. The van der Waals surface area contributed by atoms with Crippen LogP contribution >= 0.6 is 11.6 Å². The number of hydrogen-bond donors (Lipinski definition) is 0. The molecule has 0 aliphatic carbocycles. The lowest BCUT2D eigenvalue weighted by atomic mass is 9.88. The van der Waals surface area contributed by atoms with Gasteiger partial charge in [-0.3, -0.25) is 4.79 Å². The van der Waals surface area contributed by atoms with Crippen molar-refractivity contribution < 1.29 is 14.3 Å². The highest BCUT2D eigenvalue weighted by molar-refractivity contribution is 6.29. The van der Waals surface area contributed by atoms with Crippen molar-refractivity contribution in [1.82, 2.24) is 4.98 Å². The van der Waals surface area contributed by atoms with Gasteiger partial charge in [-0.05, 0) is 58.8 Å². The summed E-state index contributed by atoms with van der Waals surface area (Å²) in [5, 5.41) is 0.464. The van der Waals surface area contributed by atoms with Gasteiger partial charge in [0.1, 0.15) is 16.5 Å². The third-order valence-corrected chi connectivity index (χ3v) is 4.46. The number of esters is 1. The zero-order valence-corrected chi connectivity index (χ0v) is 15.9. The zero-order valence-electron chi connectivity index (χ0n) is 15.1. The average Bonchev–Trinajstić information content (AvgIpc) is 2.46. The van der Waals surface area contributed by atoms with Crippen LogP contribution in [0.25, 0.3) is 0 Å². The summed E-state index contributed by atoms with van der Waals surface area (Å²) in [5.41, 5.74) is 0.677. The Bertz CT molecular complexity index is 568. The molecule has 0 spiro atoms. The molecule has 1 aromatic rings. The molecule has 0 amide bonds. The van der Waals surface area contributed by atoms with Crippen LogP contribution in [0.3, 0.4) is 0 Å². The number of fused-ring (bicyclic) bond motifs is 1. The highest BCUT2D eigenvalue weighted by atomic mass is 35.5. The van der Waals surface area contributed by atoms with E-state index in [-0.39, 0.29) is 12.1 Å². The summed E-state index contributed by atoms with van der Waals surface area (Å²) < 4.78 is 11.6. The minimum Gasteiger partial charge on any atom is -0.490 e. The second-order valence-corrected chi connectivity index (χ2v) is 7.92. The van der Waals surface area contributed by atoms with Crippen molar-refractivity contribution in [3.8, 4) is 5.75 Å². The fourth-order valence-corrected chi connectivity index (χ4v) is 3.19. The van der Waals surface area contributed by atoms with Gasteiger partial charge in [0.05, 0.1) is 6.10 Å². The SMILES string of the molecule is CC[C@@H]1CC(CCC(=O)OC(C)(C)C)CCc2cnc(Cl)cc2O1. The number of halogens is 1. The predicted molar refractivity (Wildman–Crippen MR) is 95.5 cm³/mol. The Hall–Kier alpha value is -1.29. The van der Waals surface area contributed by atoms with Crippen molar-refractivity contribution in [2.45, 2.75) is 77.9 Å². The van der Waals surface area contributed by atoms with E-state index in [4.69, 9.17) is 21.1 Å². The summed E-state index contributed by atoms with van der Waals surface area (Å²) in [5.74, 6) is 1.19. The fraction of sp³-hybridized carbons (Fsp3) is 0.684. The first-order chi connectivity index (χ1) is 11.3. The third kappa shape index (κ3) is 5.97. The largest absolute Gasteiger partial charge is 0.490 e. The van der Waals surface area contributed by atoms with E-state index in [1.807, 2.05) is 20.8 Å². The Kier molecular flexibility index (Phi) is 6.50. The molecule has 1 unspecified atom stereocenters. The van der Waals surface area contributed by atoms with Gasteiger partial charge in [0.2, 0.25) is 0 Å². The molecule has 1 aromatic heterocycles. The van der Waals surface area contributed by atoms with Crippen LogP contribution in [0.4, 0.5) is 0 Å². The number of carbonyl (C=O) groups excluding carboxylic acids is 1. The first-order valence-corrected chi connectivity index (χ1v) is 9.17. The van der Waals surface area contributed by atoms with E-state index >= 15 is 0 Å². The van der Waals surface area contributed by atoms with Crippen LogP contribution < -0.4 is 4.74 Å². The first-order valence-electron chi connectivity index (χ1n) is 8.79. The molecule has 24 heavy (non-hydrogen) atoms. The highest BCUT2D eigenvalue weighted by Crippen LogP contribution is 2.32. The van der Waals surface area contributed by atoms with Gasteiger partial charge in [-0.25, -0.2) is 4.98 Å². The van der Waals surface area contributed by atoms with E-state index in [2.05, 4.69) is 11.9 Å². The Labute approximate surface area is 149 Å².